The smallest absolute Gasteiger partial charge is 0.246 e. The van der Waals surface area contributed by atoms with Gasteiger partial charge in [-0.1, -0.05) is 0 Å². The lowest BCUT2D eigenvalue weighted by Crippen LogP contribution is -2.53. The summed E-state index contributed by atoms with van der Waals surface area (Å²) in [6, 6.07) is 0. The summed E-state index contributed by atoms with van der Waals surface area (Å²) in [5.41, 5.74) is -0.0894. The number of amides is 1. The van der Waals surface area contributed by atoms with Gasteiger partial charge in [0.1, 0.15) is 6.61 Å². The van der Waals surface area contributed by atoms with Crippen molar-refractivity contribution < 1.29 is 9.53 Å². The third kappa shape index (κ3) is 1.23. The van der Waals surface area contributed by atoms with Gasteiger partial charge in [-0.2, -0.15) is 0 Å². The number of rotatable bonds is 0. The van der Waals surface area contributed by atoms with Crippen LogP contribution in [0.3, 0.4) is 0 Å². The van der Waals surface area contributed by atoms with Gasteiger partial charge in [-0.25, -0.2) is 0 Å². The van der Waals surface area contributed by atoms with Crippen LogP contribution >= 0.6 is 0 Å². The quantitative estimate of drug-likeness (QED) is 0.466. The van der Waals surface area contributed by atoms with E-state index in [1.807, 2.05) is 0 Å². The molecule has 4 heteroatoms. The lowest BCUT2D eigenvalue weighted by atomic mass is 10.0. The molecule has 2 fully saturated rings. The van der Waals surface area contributed by atoms with E-state index >= 15 is 0 Å². The zero-order chi connectivity index (χ0) is 7.73. The van der Waals surface area contributed by atoms with Crippen molar-refractivity contribution in [3.05, 3.63) is 0 Å². The van der Waals surface area contributed by atoms with Crippen molar-refractivity contribution in [2.45, 2.75) is 12.0 Å². The number of morpholine rings is 1. The van der Waals surface area contributed by atoms with E-state index in [-0.39, 0.29) is 18.1 Å². The maximum Gasteiger partial charge on any atom is 0.246 e. The summed E-state index contributed by atoms with van der Waals surface area (Å²) in [6.07, 6.45) is 1.01. The molecule has 11 heavy (non-hydrogen) atoms. The first-order valence-corrected chi connectivity index (χ1v) is 3.92. The van der Waals surface area contributed by atoms with Crippen LogP contribution in [-0.2, 0) is 9.53 Å². The van der Waals surface area contributed by atoms with Crippen molar-refractivity contribution in [2.24, 2.45) is 0 Å². The molecular formula is C7H12N2O2. The van der Waals surface area contributed by atoms with Gasteiger partial charge in [-0.15, -0.1) is 0 Å². The van der Waals surface area contributed by atoms with Crippen molar-refractivity contribution in [1.29, 1.82) is 0 Å². The highest BCUT2D eigenvalue weighted by Crippen LogP contribution is 2.20. The lowest BCUT2D eigenvalue weighted by Gasteiger charge is -2.32. The number of ether oxygens (including phenoxy) is 1. The molecule has 2 saturated heterocycles. The molecule has 2 rings (SSSR count). The van der Waals surface area contributed by atoms with E-state index < -0.39 is 0 Å². The van der Waals surface area contributed by atoms with Crippen LogP contribution in [0.15, 0.2) is 0 Å². The Kier molecular flexibility index (Phi) is 1.58. The molecule has 2 heterocycles. The first-order valence-electron chi connectivity index (χ1n) is 3.92. The molecule has 62 valence electrons. The number of hydrogen-bond acceptors (Lipinski definition) is 3. The Balaban J connectivity index is 1.99. The molecule has 0 saturated carbocycles. The molecule has 0 aromatic rings. The molecule has 2 N–H and O–H groups in total. The van der Waals surface area contributed by atoms with E-state index in [4.69, 9.17) is 4.74 Å². The number of hydrogen-bond donors (Lipinski definition) is 2. The third-order valence-corrected chi connectivity index (χ3v) is 2.32. The molecule has 1 spiro atoms. The van der Waals surface area contributed by atoms with Crippen LogP contribution in [-0.4, -0.2) is 37.7 Å². The van der Waals surface area contributed by atoms with E-state index in [0.29, 0.717) is 6.54 Å². The Bertz CT molecular complexity index is 163. The molecule has 2 aliphatic heterocycles. The van der Waals surface area contributed by atoms with Gasteiger partial charge < -0.3 is 15.4 Å². The van der Waals surface area contributed by atoms with Gasteiger partial charge >= 0.3 is 0 Å². The molecule has 4 nitrogen and oxygen atoms in total. The first-order chi connectivity index (χ1) is 5.31. The molecule has 1 amide bonds. The molecule has 2 aliphatic rings. The van der Waals surface area contributed by atoms with Gasteiger partial charge in [0.25, 0.3) is 0 Å². The summed E-state index contributed by atoms with van der Waals surface area (Å²) < 4.78 is 5.46. The van der Waals surface area contributed by atoms with Gasteiger partial charge in [0, 0.05) is 13.1 Å². The van der Waals surface area contributed by atoms with Crippen LogP contribution in [0.1, 0.15) is 6.42 Å². The number of carbonyl (C=O) groups excluding carboxylic acids is 1. The average Bonchev–Trinajstić information content (AvgIpc) is 2.45. The van der Waals surface area contributed by atoms with Crippen LogP contribution in [0, 0.1) is 0 Å². The number of carbonyl (C=O) groups is 1. The van der Waals surface area contributed by atoms with Gasteiger partial charge in [0.15, 0.2) is 0 Å². The van der Waals surface area contributed by atoms with E-state index in [2.05, 4.69) is 10.6 Å². The van der Waals surface area contributed by atoms with Gasteiger partial charge in [-0.3, -0.25) is 4.79 Å². The van der Waals surface area contributed by atoms with Crippen LogP contribution < -0.4 is 10.6 Å². The van der Waals surface area contributed by atoms with Crippen LogP contribution in [0.5, 0.6) is 0 Å². The molecule has 0 unspecified atom stereocenters. The van der Waals surface area contributed by atoms with Gasteiger partial charge in [0.05, 0.1) is 5.60 Å². The van der Waals surface area contributed by atoms with Crippen molar-refractivity contribution >= 4 is 5.91 Å². The molecule has 0 aliphatic carbocycles. The standard InChI is InChI=1S/C7H12N2O2/c10-6-3-11-7(5-9-6)1-2-8-4-7/h8H,1-5H2,(H,9,10)/t7-/m0/s1. The largest absolute Gasteiger partial charge is 0.362 e. The van der Waals surface area contributed by atoms with Crippen molar-refractivity contribution in [3.63, 3.8) is 0 Å². The van der Waals surface area contributed by atoms with Gasteiger partial charge in [-0.05, 0) is 13.0 Å². The van der Waals surface area contributed by atoms with E-state index in [9.17, 15) is 4.79 Å². The molecule has 0 bridgehead atoms. The average molecular weight is 156 g/mol. The Hall–Kier alpha value is -0.610. The third-order valence-electron chi connectivity index (χ3n) is 2.32. The Morgan fingerprint density at radius 1 is 1.45 bits per heavy atom. The normalized spacial score (nSPS) is 37.6. The summed E-state index contributed by atoms with van der Waals surface area (Å²) >= 11 is 0. The highest BCUT2D eigenvalue weighted by atomic mass is 16.5. The molecule has 1 atom stereocenters. The zero-order valence-corrected chi connectivity index (χ0v) is 6.35. The van der Waals surface area contributed by atoms with E-state index in [1.54, 1.807) is 0 Å². The number of nitrogens with one attached hydrogen (secondary N) is 2. The van der Waals surface area contributed by atoms with Crippen molar-refractivity contribution in [2.75, 3.05) is 26.2 Å². The van der Waals surface area contributed by atoms with Crippen LogP contribution in [0.4, 0.5) is 0 Å². The maximum atomic E-state index is 10.7. The Morgan fingerprint density at radius 3 is 2.91 bits per heavy atom. The van der Waals surface area contributed by atoms with Crippen molar-refractivity contribution in [1.82, 2.24) is 10.6 Å². The molecule has 0 aromatic heterocycles. The second-order valence-electron chi connectivity index (χ2n) is 3.18. The summed E-state index contributed by atoms with van der Waals surface area (Å²) in [4.78, 5) is 10.7. The minimum Gasteiger partial charge on any atom is -0.362 e. The molecule has 0 radical (unpaired) electrons. The zero-order valence-electron chi connectivity index (χ0n) is 6.35. The predicted octanol–water partition coefficient (Wildman–Crippen LogP) is -1.14. The first kappa shape index (κ1) is 7.06. The monoisotopic (exact) mass is 156 g/mol. The lowest BCUT2D eigenvalue weighted by molar-refractivity contribution is -0.141. The molecule has 0 aromatic carbocycles. The van der Waals surface area contributed by atoms with Gasteiger partial charge in [0.2, 0.25) is 5.91 Å². The fourth-order valence-electron chi connectivity index (χ4n) is 1.58. The fourth-order valence-corrected chi connectivity index (χ4v) is 1.58. The van der Waals surface area contributed by atoms with E-state index in [0.717, 1.165) is 19.5 Å². The molecular weight excluding hydrogens is 144 g/mol. The minimum atomic E-state index is -0.0894. The maximum absolute atomic E-state index is 10.7. The summed E-state index contributed by atoms with van der Waals surface area (Å²) in [7, 11) is 0. The Labute approximate surface area is 65.3 Å². The second kappa shape index (κ2) is 2.46. The second-order valence-corrected chi connectivity index (χ2v) is 3.18. The SMILES string of the molecule is O=C1CO[C@]2(CCNC2)CN1. The fraction of sp³-hybridized carbons (Fsp3) is 0.857. The summed E-state index contributed by atoms with van der Waals surface area (Å²) in [6.45, 7) is 2.75. The predicted molar refractivity (Wildman–Crippen MR) is 39.2 cm³/mol. The van der Waals surface area contributed by atoms with Crippen LogP contribution in [0.2, 0.25) is 0 Å². The summed E-state index contributed by atoms with van der Waals surface area (Å²) in [5, 5.41) is 6.03. The van der Waals surface area contributed by atoms with E-state index in [1.165, 1.54) is 0 Å². The van der Waals surface area contributed by atoms with Crippen LogP contribution in [0.25, 0.3) is 0 Å². The highest BCUT2D eigenvalue weighted by Gasteiger charge is 2.38. The highest BCUT2D eigenvalue weighted by molar-refractivity contribution is 5.78. The topological polar surface area (TPSA) is 50.4 Å². The van der Waals surface area contributed by atoms with Crippen molar-refractivity contribution in [3.8, 4) is 0 Å². The summed E-state index contributed by atoms with van der Waals surface area (Å²) in [5.74, 6) is 0.00234. The Morgan fingerprint density at radius 2 is 2.36 bits per heavy atom. The minimum absolute atomic E-state index is 0.00234.